The van der Waals surface area contributed by atoms with Crippen molar-refractivity contribution in [2.75, 3.05) is 25.9 Å². The molecule has 1 amide bonds. The van der Waals surface area contributed by atoms with Gasteiger partial charge in [-0.3, -0.25) is 4.79 Å². The quantitative estimate of drug-likeness (QED) is 0.622. The molecule has 0 bridgehead atoms. The standard InChI is InChI=1S/C14H22ClN3O/c1-10(2)18(3)9-5-8-17-14(19)11-6-4-7-12(15)13(11)16/h4,6-7,10H,5,8-9,16H2,1-3H3,(H,17,19). The summed E-state index contributed by atoms with van der Waals surface area (Å²) in [6.45, 7) is 5.86. The van der Waals surface area contributed by atoms with Gasteiger partial charge in [-0.25, -0.2) is 0 Å². The van der Waals surface area contributed by atoms with Crippen LogP contribution in [-0.4, -0.2) is 37.0 Å². The minimum atomic E-state index is -0.174. The van der Waals surface area contributed by atoms with E-state index in [0.717, 1.165) is 13.0 Å². The van der Waals surface area contributed by atoms with Crippen LogP contribution in [0.1, 0.15) is 30.6 Å². The van der Waals surface area contributed by atoms with Crippen LogP contribution in [0.5, 0.6) is 0 Å². The summed E-state index contributed by atoms with van der Waals surface area (Å²) in [5.41, 5.74) is 6.54. The number of carbonyl (C=O) groups is 1. The SMILES string of the molecule is CC(C)N(C)CCCNC(=O)c1cccc(Cl)c1N. The second-order valence-electron chi connectivity index (χ2n) is 4.88. The molecule has 0 aromatic heterocycles. The predicted octanol–water partition coefficient (Wildman–Crippen LogP) is 2.38. The molecule has 3 N–H and O–H groups in total. The van der Waals surface area contributed by atoms with E-state index >= 15 is 0 Å². The van der Waals surface area contributed by atoms with Crippen LogP contribution in [0.2, 0.25) is 5.02 Å². The molecule has 0 saturated carbocycles. The summed E-state index contributed by atoms with van der Waals surface area (Å²) in [7, 11) is 2.07. The number of nitrogens with two attached hydrogens (primary N) is 1. The molecule has 106 valence electrons. The van der Waals surface area contributed by atoms with Gasteiger partial charge in [0.2, 0.25) is 0 Å². The Bertz CT molecular complexity index is 435. The molecule has 0 unspecified atom stereocenters. The number of benzene rings is 1. The average molecular weight is 284 g/mol. The number of anilines is 1. The number of nitrogen functional groups attached to an aromatic ring is 1. The highest BCUT2D eigenvalue weighted by atomic mass is 35.5. The monoisotopic (exact) mass is 283 g/mol. The zero-order valence-corrected chi connectivity index (χ0v) is 12.5. The van der Waals surface area contributed by atoms with E-state index in [2.05, 4.69) is 31.1 Å². The number of halogens is 1. The number of hydrogen-bond acceptors (Lipinski definition) is 3. The summed E-state index contributed by atoms with van der Waals surface area (Å²) in [6.07, 6.45) is 0.904. The van der Waals surface area contributed by atoms with Crippen LogP contribution in [-0.2, 0) is 0 Å². The molecular weight excluding hydrogens is 262 g/mol. The van der Waals surface area contributed by atoms with Gasteiger partial charge in [0, 0.05) is 12.6 Å². The Kier molecular flexibility index (Phi) is 6.12. The lowest BCUT2D eigenvalue weighted by Crippen LogP contribution is -2.31. The van der Waals surface area contributed by atoms with Crippen LogP contribution in [0.25, 0.3) is 0 Å². The predicted molar refractivity (Wildman–Crippen MR) is 80.6 cm³/mol. The van der Waals surface area contributed by atoms with E-state index in [-0.39, 0.29) is 5.91 Å². The topological polar surface area (TPSA) is 58.4 Å². The third-order valence-electron chi connectivity index (χ3n) is 3.15. The maximum atomic E-state index is 11.9. The normalized spacial score (nSPS) is 11.1. The van der Waals surface area contributed by atoms with Crippen LogP contribution >= 0.6 is 11.6 Å². The maximum Gasteiger partial charge on any atom is 0.253 e. The molecule has 0 spiro atoms. The van der Waals surface area contributed by atoms with Crippen LogP contribution in [0.4, 0.5) is 5.69 Å². The number of carbonyl (C=O) groups excluding carboxylic acids is 1. The van der Waals surface area contributed by atoms with E-state index in [1.807, 2.05) is 0 Å². The molecule has 19 heavy (non-hydrogen) atoms. The van der Waals surface area contributed by atoms with Crippen LogP contribution in [0, 0.1) is 0 Å². The molecule has 5 heteroatoms. The number of rotatable bonds is 6. The third kappa shape index (κ3) is 4.73. The second kappa shape index (κ2) is 7.36. The van der Waals surface area contributed by atoms with Gasteiger partial charge in [-0.05, 0) is 46.0 Å². The van der Waals surface area contributed by atoms with E-state index in [1.54, 1.807) is 18.2 Å². The lowest BCUT2D eigenvalue weighted by molar-refractivity contribution is 0.0952. The minimum absolute atomic E-state index is 0.174. The van der Waals surface area contributed by atoms with E-state index in [0.29, 0.717) is 28.9 Å². The van der Waals surface area contributed by atoms with Crippen LogP contribution in [0.3, 0.4) is 0 Å². The Morgan fingerprint density at radius 3 is 2.79 bits per heavy atom. The summed E-state index contributed by atoms with van der Waals surface area (Å²) in [5.74, 6) is -0.174. The molecule has 1 rings (SSSR count). The molecule has 4 nitrogen and oxygen atoms in total. The zero-order valence-electron chi connectivity index (χ0n) is 11.7. The minimum Gasteiger partial charge on any atom is -0.397 e. The van der Waals surface area contributed by atoms with Crippen LogP contribution < -0.4 is 11.1 Å². The number of nitrogens with zero attached hydrogens (tertiary/aromatic N) is 1. The van der Waals surface area contributed by atoms with Gasteiger partial charge in [0.1, 0.15) is 0 Å². The Morgan fingerprint density at radius 1 is 1.47 bits per heavy atom. The Morgan fingerprint density at radius 2 is 2.16 bits per heavy atom. The number of hydrogen-bond donors (Lipinski definition) is 2. The van der Waals surface area contributed by atoms with Gasteiger partial charge in [-0.2, -0.15) is 0 Å². The van der Waals surface area contributed by atoms with Crippen molar-refractivity contribution in [2.45, 2.75) is 26.3 Å². The number of para-hydroxylation sites is 1. The maximum absolute atomic E-state index is 11.9. The molecule has 1 aromatic carbocycles. The highest BCUT2D eigenvalue weighted by Crippen LogP contribution is 2.22. The van der Waals surface area contributed by atoms with Crippen molar-refractivity contribution in [3.05, 3.63) is 28.8 Å². The van der Waals surface area contributed by atoms with Crippen molar-refractivity contribution >= 4 is 23.2 Å². The molecule has 0 fully saturated rings. The van der Waals surface area contributed by atoms with Crippen molar-refractivity contribution in [3.63, 3.8) is 0 Å². The van der Waals surface area contributed by atoms with E-state index < -0.39 is 0 Å². The molecule has 0 heterocycles. The Labute approximate surface area is 119 Å². The van der Waals surface area contributed by atoms with Gasteiger partial charge in [-0.1, -0.05) is 17.7 Å². The summed E-state index contributed by atoms with van der Waals surface area (Å²) >= 11 is 5.88. The van der Waals surface area contributed by atoms with Crippen LogP contribution in [0.15, 0.2) is 18.2 Å². The lowest BCUT2D eigenvalue weighted by Gasteiger charge is -2.20. The fraction of sp³-hybridized carbons (Fsp3) is 0.500. The highest BCUT2D eigenvalue weighted by Gasteiger charge is 2.11. The third-order valence-corrected chi connectivity index (χ3v) is 3.48. The van der Waals surface area contributed by atoms with Crippen molar-refractivity contribution < 1.29 is 4.79 Å². The van der Waals surface area contributed by atoms with Crippen molar-refractivity contribution in [2.24, 2.45) is 0 Å². The van der Waals surface area contributed by atoms with E-state index in [9.17, 15) is 4.79 Å². The smallest absolute Gasteiger partial charge is 0.253 e. The molecule has 0 saturated heterocycles. The first kappa shape index (κ1) is 15.8. The van der Waals surface area contributed by atoms with Gasteiger partial charge < -0.3 is 16.0 Å². The zero-order chi connectivity index (χ0) is 14.4. The summed E-state index contributed by atoms with van der Waals surface area (Å²) < 4.78 is 0. The average Bonchev–Trinajstić information content (AvgIpc) is 2.37. The van der Waals surface area contributed by atoms with Gasteiger partial charge in [0.05, 0.1) is 16.3 Å². The van der Waals surface area contributed by atoms with Gasteiger partial charge >= 0.3 is 0 Å². The first-order valence-corrected chi connectivity index (χ1v) is 6.83. The van der Waals surface area contributed by atoms with Crippen molar-refractivity contribution in [3.8, 4) is 0 Å². The molecular formula is C14H22ClN3O. The summed E-state index contributed by atoms with van der Waals surface area (Å²) in [5, 5.41) is 3.27. The molecule has 1 aromatic rings. The van der Waals surface area contributed by atoms with E-state index in [4.69, 9.17) is 17.3 Å². The number of amides is 1. The molecule has 0 aliphatic rings. The van der Waals surface area contributed by atoms with Gasteiger partial charge in [0.15, 0.2) is 0 Å². The number of nitrogens with one attached hydrogen (secondary N) is 1. The molecule has 0 aliphatic heterocycles. The first-order valence-electron chi connectivity index (χ1n) is 6.46. The molecule has 0 atom stereocenters. The van der Waals surface area contributed by atoms with Crippen molar-refractivity contribution in [1.29, 1.82) is 0 Å². The molecule has 0 aliphatic carbocycles. The first-order chi connectivity index (χ1) is 8.93. The molecule has 0 radical (unpaired) electrons. The summed E-state index contributed by atoms with van der Waals surface area (Å²) in [6, 6.07) is 5.58. The summed E-state index contributed by atoms with van der Waals surface area (Å²) in [4.78, 5) is 14.2. The van der Waals surface area contributed by atoms with E-state index in [1.165, 1.54) is 0 Å². The van der Waals surface area contributed by atoms with Crippen molar-refractivity contribution in [1.82, 2.24) is 10.2 Å². The highest BCUT2D eigenvalue weighted by molar-refractivity contribution is 6.33. The van der Waals surface area contributed by atoms with Gasteiger partial charge in [-0.15, -0.1) is 0 Å². The lowest BCUT2D eigenvalue weighted by atomic mass is 10.1. The largest absolute Gasteiger partial charge is 0.397 e. The fourth-order valence-corrected chi connectivity index (χ4v) is 1.79. The Hall–Kier alpha value is -1.26. The second-order valence-corrected chi connectivity index (χ2v) is 5.29. The Balaban J connectivity index is 2.42. The fourth-order valence-electron chi connectivity index (χ4n) is 1.62. The van der Waals surface area contributed by atoms with Gasteiger partial charge in [0.25, 0.3) is 5.91 Å².